The molecule has 1 aromatic carbocycles. The molecular formula is C13H15F3. The highest BCUT2D eigenvalue weighted by molar-refractivity contribution is 5.27. The van der Waals surface area contributed by atoms with E-state index in [0.717, 1.165) is 25.0 Å². The molecule has 0 saturated heterocycles. The van der Waals surface area contributed by atoms with Crippen molar-refractivity contribution in [1.82, 2.24) is 0 Å². The lowest BCUT2D eigenvalue weighted by Gasteiger charge is -2.22. The summed E-state index contributed by atoms with van der Waals surface area (Å²) in [7, 11) is 0. The Kier molecular flexibility index (Phi) is 2.96. The maximum absolute atomic E-state index is 13.6. The highest BCUT2D eigenvalue weighted by atomic mass is 19.1. The van der Waals surface area contributed by atoms with E-state index in [2.05, 4.69) is 0 Å². The summed E-state index contributed by atoms with van der Waals surface area (Å²) >= 11 is 0. The van der Waals surface area contributed by atoms with Gasteiger partial charge in [-0.15, -0.1) is 0 Å². The van der Waals surface area contributed by atoms with Gasteiger partial charge in [0.2, 0.25) is 0 Å². The van der Waals surface area contributed by atoms with Crippen molar-refractivity contribution in [2.45, 2.75) is 32.6 Å². The van der Waals surface area contributed by atoms with Crippen molar-refractivity contribution in [3.8, 4) is 0 Å². The fourth-order valence-corrected chi connectivity index (χ4v) is 2.44. The van der Waals surface area contributed by atoms with Crippen LogP contribution in [0.2, 0.25) is 0 Å². The van der Waals surface area contributed by atoms with E-state index in [0.29, 0.717) is 5.92 Å². The molecule has 0 bridgehead atoms. The second-order valence-corrected chi connectivity index (χ2v) is 4.89. The predicted octanol–water partition coefficient (Wildman–Crippen LogP) is 4.25. The molecule has 0 radical (unpaired) electrons. The molecule has 2 rings (SSSR count). The molecule has 1 saturated carbocycles. The molecule has 1 aliphatic carbocycles. The van der Waals surface area contributed by atoms with Gasteiger partial charge in [0.25, 0.3) is 0 Å². The maximum Gasteiger partial charge on any atom is 0.132 e. The molecule has 1 aliphatic rings. The van der Waals surface area contributed by atoms with Crippen molar-refractivity contribution >= 4 is 0 Å². The largest absolute Gasteiger partial charge is 0.207 e. The van der Waals surface area contributed by atoms with Crippen LogP contribution in [0.1, 0.15) is 38.2 Å². The summed E-state index contributed by atoms with van der Waals surface area (Å²) < 4.78 is 40.1. The molecular weight excluding hydrogens is 213 g/mol. The molecule has 0 aliphatic heterocycles. The average molecular weight is 228 g/mol. The van der Waals surface area contributed by atoms with Crippen LogP contribution in [0.4, 0.5) is 13.2 Å². The summed E-state index contributed by atoms with van der Waals surface area (Å²) in [4.78, 5) is 0. The highest BCUT2D eigenvalue weighted by Crippen LogP contribution is 2.47. The summed E-state index contributed by atoms with van der Waals surface area (Å²) in [6.45, 7) is 3.90. The quantitative estimate of drug-likeness (QED) is 0.725. The van der Waals surface area contributed by atoms with Gasteiger partial charge < -0.3 is 0 Å². The first kappa shape index (κ1) is 11.5. The zero-order valence-corrected chi connectivity index (χ0v) is 9.43. The summed E-state index contributed by atoms with van der Waals surface area (Å²) in [6, 6.07) is 1.55. The zero-order chi connectivity index (χ0) is 11.9. The van der Waals surface area contributed by atoms with Gasteiger partial charge in [-0.3, -0.25) is 0 Å². The lowest BCUT2D eigenvalue weighted by atomic mass is 9.84. The first-order chi connectivity index (χ1) is 7.50. The Bertz CT molecular complexity index is 369. The summed E-state index contributed by atoms with van der Waals surface area (Å²) in [6.07, 6.45) is 2.03. The van der Waals surface area contributed by atoms with Crippen LogP contribution in [0.15, 0.2) is 12.1 Å². The van der Waals surface area contributed by atoms with Gasteiger partial charge >= 0.3 is 0 Å². The highest BCUT2D eigenvalue weighted by Gasteiger charge is 2.37. The van der Waals surface area contributed by atoms with Gasteiger partial charge in [-0.25, -0.2) is 13.2 Å². The minimum absolute atomic E-state index is 0.0684. The topological polar surface area (TPSA) is 0 Å². The molecule has 0 nitrogen and oxygen atoms in total. The van der Waals surface area contributed by atoms with E-state index in [1.54, 1.807) is 0 Å². The first-order valence-corrected chi connectivity index (χ1v) is 5.65. The van der Waals surface area contributed by atoms with E-state index < -0.39 is 17.5 Å². The zero-order valence-electron chi connectivity index (χ0n) is 9.43. The number of hydrogen-bond donors (Lipinski definition) is 0. The third-order valence-electron chi connectivity index (χ3n) is 3.23. The minimum Gasteiger partial charge on any atom is -0.207 e. The van der Waals surface area contributed by atoms with Gasteiger partial charge in [-0.1, -0.05) is 13.8 Å². The molecule has 0 amide bonds. The lowest BCUT2D eigenvalue weighted by molar-refractivity contribution is 0.405. The van der Waals surface area contributed by atoms with Crippen LogP contribution in [0.3, 0.4) is 0 Å². The molecule has 0 unspecified atom stereocenters. The average Bonchev–Trinajstić information content (AvgIpc) is 2.93. The van der Waals surface area contributed by atoms with Crippen LogP contribution >= 0.6 is 0 Å². The second kappa shape index (κ2) is 4.11. The van der Waals surface area contributed by atoms with Crippen molar-refractivity contribution in [2.24, 2.45) is 11.8 Å². The van der Waals surface area contributed by atoms with E-state index in [-0.39, 0.29) is 17.4 Å². The van der Waals surface area contributed by atoms with Crippen LogP contribution in [0, 0.1) is 29.3 Å². The van der Waals surface area contributed by atoms with E-state index in [1.807, 2.05) is 13.8 Å². The van der Waals surface area contributed by atoms with Crippen molar-refractivity contribution in [2.75, 3.05) is 0 Å². The van der Waals surface area contributed by atoms with Crippen molar-refractivity contribution in [3.63, 3.8) is 0 Å². The van der Waals surface area contributed by atoms with Gasteiger partial charge in [0.1, 0.15) is 17.5 Å². The van der Waals surface area contributed by atoms with E-state index in [1.165, 1.54) is 0 Å². The molecule has 1 aromatic rings. The Labute approximate surface area is 93.5 Å². The number of halogens is 3. The number of benzene rings is 1. The smallest absolute Gasteiger partial charge is 0.132 e. The maximum atomic E-state index is 13.6. The Morgan fingerprint density at radius 1 is 1.06 bits per heavy atom. The van der Waals surface area contributed by atoms with Crippen molar-refractivity contribution in [1.29, 1.82) is 0 Å². The predicted molar refractivity (Wildman–Crippen MR) is 56.6 cm³/mol. The standard InChI is InChI=1S/C13H15F3/c1-7(2)12(8-3-4-8)13-10(15)5-9(14)6-11(13)16/h5-8,12H,3-4H2,1-2H3/t12-/m1/s1. The van der Waals surface area contributed by atoms with Gasteiger partial charge in [-0.2, -0.15) is 0 Å². The van der Waals surface area contributed by atoms with Gasteiger partial charge in [0.15, 0.2) is 0 Å². The van der Waals surface area contributed by atoms with Crippen LogP contribution in [0.5, 0.6) is 0 Å². The van der Waals surface area contributed by atoms with Crippen LogP contribution in [-0.2, 0) is 0 Å². The van der Waals surface area contributed by atoms with Crippen LogP contribution < -0.4 is 0 Å². The van der Waals surface area contributed by atoms with E-state index in [9.17, 15) is 13.2 Å². The van der Waals surface area contributed by atoms with Gasteiger partial charge in [0, 0.05) is 17.7 Å². The minimum atomic E-state index is -0.850. The first-order valence-electron chi connectivity index (χ1n) is 5.65. The Morgan fingerprint density at radius 3 is 1.94 bits per heavy atom. The number of hydrogen-bond acceptors (Lipinski definition) is 0. The molecule has 0 spiro atoms. The van der Waals surface area contributed by atoms with E-state index in [4.69, 9.17) is 0 Å². The fraction of sp³-hybridized carbons (Fsp3) is 0.538. The molecule has 16 heavy (non-hydrogen) atoms. The third kappa shape index (κ3) is 2.08. The van der Waals surface area contributed by atoms with Crippen molar-refractivity contribution in [3.05, 3.63) is 35.1 Å². The molecule has 88 valence electrons. The van der Waals surface area contributed by atoms with Gasteiger partial charge in [0.05, 0.1) is 0 Å². The Morgan fingerprint density at radius 2 is 1.56 bits per heavy atom. The third-order valence-corrected chi connectivity index (χ3v) is 3.23. The summed E-state index contributed by atoms with van der Waals surface area (Å²) in [5.74, 6) is -1.94. The molecule has 0 aromatic heterocycles. The number of rotatable bonds is 3. The monoisotopic (exact) mass is 228 g/mol. The Hall–Kier alpha value is -0.990. The normalized spacial score (nSPS) is 17.9. The molecule has 1 fully saturated rings. The van der Waals surface area contributed by atoms with Crippen molar-refractivity contribution < 1.29 is 13.2 Å². The van der Waals surface area contributed by atoms with Crippen LogP contribution in [-0.4, -0.2) is 0 Å². The summed E-state index contributed by atoms with van der Waals surface area (Å²) in [5, 5.41) is 0. The lowest BCUT2D eigenvalue weighted by Crippen LogP contribution is -2.13. The second-order valence-electron chi connectivity index (χ2n) is 4.89. The van der Waals surface area contributed by atoms with E-state index >= 15 is 0 Å². The molecule has 0 heterocycles. The molecule has 3 heteroatoms. The fourth-order valence-electron chi connectivity index (χ4n) is 2.44. The molecule has 1 atom stereocenters. The van der Waals surface area contributed by atoms with Gasteiger partial charge in [-0.05, 0) is 30.6 Å². The summed E-state index contributed by atoms with van der Waals surface area (Å²) in [5.41, 5.74) is 0.0684. The SMILES string of the molecule is CC(C)[C@@H](c1c(F)cc(F)cc1F)C1CC1. The Balaban J connectivity index is 2.44. The molecule has 0 N–H and O–H groups in total. The van der Waals surface area contributed by atoms with Crippen LogP contribution in [0.25, 0.3) is 0 Å².